The van der Waals surface area contributed by atoms with Crippen molar-refractivity contribution in [1.82, 2.24) is 5.32 Å². The molecule has 0 aromatic rings. The summed E-state index contributed by atoms with van der Waals surface area (Å²) in [5.41, 5.74) is 9.31. The van der Waals surface area contributed by atoms with Crippen LogP contribution in [0.2, 0.25) is 0 Å². The molecule has 0 atom stereocenters. The zero-order chi connectivity index (χ0) is 6.57. The molecule has 6 nitrogen and oxygen atoms in total. The number of urea groups is 1. The lowest BCUT2D eigenvalue weighted by atomic mass is 10.9. The van der Waals surface area contributed by atoms with E-state index in [1.54, 1.807) is 0 Å². The summed E-state index contributed by atoms with van der Waals surface area (Å²) in [5.74, 6) is -0.419. The van der Waals surface area contributed by atoms with Gasteiger partial charge in [-0.3, -0.25) is 5.32 Å². The first kappa shape index (κ1) is 6.54. The molecule has 0 rings (SSSR count). The number of carbonyl (C=O) groups is 1. The van der Waals surface area contributed by atoms with Crippen LogP contribution in [0.3, 0.4) is 0 Å². The summed E-state index contributed by atoms with van der Waals surface area (Å²) in [5, 5.41) is 12.0. The Morgan fingerprint density at radius 2 is 2.12 bits per heavy atom. The summed E-state index contributed by atoms with van der Waals surface area (Å²) in [7, 11) is 0. The second-order valence-corrected chi connectivity index (χ2v) is 0.974. The van der Waals surface area contributed by atoms with E-state index in [0.717, 1.165) is 0 Å². The summed E-state index contributed by atoms with van der Waals surface area (Å²) in [6.45, 7) is 0. The number of oxime groups is 1. The fourth-order valence-corrected chi connectivity index (χ4v) is 0.151. The molecule has 0 saturated carbocycles. The van der Waals surface area contributed by atoms with Crippen molar-refractivity contribution in [3.63, 3.8) is 0 Å². The fraction of sp³-hybridized carbons (Fsp3) is 0. The van der Waals surface area contributed by atoms with Crippen LogP contribution in [0.4, 0.5) is 4.79 Å². The van der Waals surface area contributed by atoms with Gasteiger partial charge in [-0.15, -0.1) is 0 Å². The SMILES string of the molecule is NC(=O)NC(N)=NO. The van der Waals surface area contributed by atoms with E-state index in [0.29, 0.717) is 0 Å². The standard InChI is InChI=1S/C2H6N4O2/c3-1(6-8)5-2(4)7/h8H,(H5,3,4,5,6,7). The number of primary amides is 1. The van der Waals surface area contributed by atoms with Crippen molar-refractivity contribution >= 4 is 12.0 Å². The van der Waals surface area contributed by atoms with Crippen molar-refractivity contribution in [3.05, 3.63) is 0 Å². The molecule has 46 valence electrons. The third kappa shape index (κ3) is 2.76. The molecule has 0 heterocycles. The van der Waals surface area contributed by atoms with E-state index in [2.05, 4.69) is 10.9 Å². The van der Waals surface area contributed by atoms with Crippen LogP contribution in [0.25, 0.3) is 0 Å². The van der Waals surface area contributed by atoms with E-state index < -0.39 is 12.0 Å². The average molecular weight is 118 g/mol. The largest absolute Gasteiger partial charge is 0.408 e. The number of nitrogens with one attached hydrogen (secondary N) is 1. The quantitative estimate of drug-likeness (QED) is 0.132. The molecule has 8 heavy (non-hydrogen) atoms. The van der Waals surface area contributed by atoms with E-state index in [9.17, 15) is 4.79 Å². The highest BCUT2D eigenvalue weighted by Crippen LogP contribution is 1.55. The molecule has 0 bridgehead atoms. The Hall–Kier alpha value is -1.46. The third-order valence-electron chi connectivity index (χ3n) is 0.359. The minimum atomic E-state index is -0.861. The Bertz CT molecular complexity index is 119. The van der Waals surface area contributed by atoms with E-state index >= 15 is 0 Å². The molecule has 0 aliphatic rings. The molecule has 0 aliphatic heterocycles. The normalized spacial score (nSPS) is 10.8. The molecule has 0 fully saturated rings. The third-order valence-corrected chi connectivity index (χ3v) is 0.359. The van der Waals surface area contributed by atoms with Crippen molar-refractivity contribution in [2.24, 2.45) is 16.6 Å². The van der Waals surface area contributed by atoms with Gasteiger partial charge in [-0.1, -0.05) is 5.16 Å². The summed E-state index contributed by atoms with van der Waals surface area (Å²) in [6, 6.07) is -0.861. The summed E-state index contributed by atoms with van der Waals surface area (Å²) >= 11 is 0. The highest BCUT2D eigenvalue weighted by molar-refractivity contribution is 5.94. The van der Waals surface area contributed by atoms with E-state index in [4.69, 9.17) is 10.9 Å². The molecular weight excluding hydrogens is 112 g/mol. The molecule has 0 aliphatic carbocycles. The molecule has 6 N–H and O–H groups in total. The maximum Gasteiger partial charge on any atom is 0.319 e. The van der Waals surface area contributed by atoms with Crippen LogP contribution in [0.15, 0.2) is 5.16 Å². The molecule has 6 heteroatoms. The summed E-state index contributed by atoms with van der Waals surface area (Å²) in [6.07, 6.45) is 0. The van der Waals surface area contributed by atoms with Gasteiger partial charge in [0.05, 0.1) is 0 Å². The predicted octanol–water partition coefficient (Wildman–Crippen LogP) is -1.64. The number of nitrogens with two attached hydrogens (primary N) is 2. The Kier molecular flexibility index (Phi) is 2.18. The minimum Gasteiger partial charge on any atom is -0.408 e. The van der Waals surface area contributed by atoms with Gasteiger partial charge in [-0.05, 0) is 0 Å². The van der Waals surface area contributed by atoms with E-state index in [1.165, 1.54) is 0 Å². The number of guanidine groups is 1. The van der Waals surface area contributed by atoms with Crippen molar-refractivity contribution < 1.29 is 10.0 Å². The van der Waals surface area contributed by atoms with Gasteiger partial charge in [0.1, 0.15) is 0 Å². The predicted molar refractivity (Wildman–Crippen MR) is 26.1 cm³/mol. The van der Waals surface area contributed by atoms with Crippen LogP contribution in [0.5, 0.6) is 0 Å². The maximum absolute atomic E-state index is 9.81. The molecule has 0 unspecified atom stereocenters. The number of rotatable bonds is 0. The lowest BCUT2D eigenvalue weighted by Crippen LogP contribution is -2.40. The second kappa shape index (κ2) is 2.67. The number of carbonyl (C=O) groups excluding carboxylic acids is 1. The lowest BCUT2D eigenvalue weighted by molar-refractivity contribution is 0.252. The monoisotopic (exact) mass is 118 g/mol. The maximum atomic E-state index is 9.81. The van der Waals surface area contributed by atoms with Gasteiger partial charge >= 0.3 is 6.03 Å². The zero-order valence-electron chi connectivity index (χ0n) is 3.96. The van der Waals surface area contributed by atoms with Gasteiger partial charge in [0.15, 0.2) is 0 Å². The van der Waals surface area contributed by atoms with Crippen molar-refractivity contribution in [1.29, 1.82) is 0 Å². The van der Waals surface area contributed by atoms with Crippen LogP contribution < -0.4 is 16.8 Å². The van der Waals surface area contributed by atoms with Crippen molar-refractivity contribution in [2.75, 3.05) is 0 Å². The van der Waals surface area contributed by atoms with Crippen LogP contribution in [0.1, 0.15) is 0 Å². The Balaban J connectivity index is 3.56. The molecule has 0 aromatic heterocycles. The highest BCUT2D eigenvalue weighted by Gasteiger charge is 1.92. The second-order valence-electron chi connectivity index (χ2n) is 0.974. The van der Waals surface area contributed by atoms with Gasteiger partial charge in [-0.2, -0.15) is 0 Å². The number of nitrogens with zero attached hydrogens (tertiary/aromatic N) is 1. The highest BCUT2D eigenvalue weighted by atomic mass is 16.4. The number of hydrogen-bond donors (Lipinski definition) is 4. The minimum absolute atomic E-state index is 0.419. The molecule has 0 saturated heterocycles. The van der Waals surface area contributed by atoms with Gasteiger partial charge in [0.25, 0.3) is 0 Å². The van der Waals surface area contributed by atoms with Crippen molar-refractivity contribution in [2.45, 2.75) is 0 Å². The summed E-state index contributed by atoms with van der Waals surface area (Å²) < 4.78 is 0. The summed E-state index contributed by atoms with van der Waals surface area (Å²) in [4.78, 5) is 9.81. The van der Waals surface area contributed by atoms with Gasteiger partial charge in [0.2, 0.25) is 5.96 Å². The van der Waals surface area contributed by atoms with Crippen molar-refractivity contribution in [3.8, 4) is 0 Å². The first-order valence-electron chi connectivity index (χ1n) is 1.71. The number of hydrogen-bond acceptors (Lipinski definition) is 3. The smallest absolute Gasteiger partial charge is 0.319 e. The molecular formula is C2H6N4O2. The van der Waals surface area contributed by atoms with Gasteiger partial charge in [0, 0.05) is 0 Å². The Labute approximate surface area is 45.1 Å². The van der Waals surface area contributed by atoms with E-state index in [-0.39, 0.29) is 0 Å². The van der Waals surface area contributed by atoms with E-state index in [1.807, 2.05) is 5.32 Å². The topological polar surface area (TPSA) is 114 Å². The van der Waals surface area contributed by atoms with Crippen LogP contribution in [0, 0.1) is 0 Å². The van der Waals surface area contributed by atoms with Gasteiger partial charge in [-0.25, -0.2) is 4.79 Å². The fourth-order valence-electron chi connectivity index (χ4n) is 0.151. The Morgan fingerprint density at radius 3 is 2.25 bits per heavy atom. The molecule has 2 amide bonds. The number of amides is 2. The van der Waals surface area contributed by atoms with Gasteiger partial charge < -0.3 is 16.7 Å². The average Bonchev–Trinajstić information content (AvgIpc) is 1.65. The molecule has 0 aromatic carbocycles. The van der Waals surface area contributed by atoms with Crippen LogP contribution in [-0.4, -0.2) is 17.2 Å². The molecule has 0 spiro atoms. The zero-order valence-corrected chi connectivity index (χ0v) is 3.96. The lowest BCUT2D eigenvalue weighted by Gasteiger charge is -1.93. The molecule has 0 radical (unpaired) electrons. The Morgan fingerprint density at radius 1 is 1.62 bits per heavy atom. The van der Waals surface area contributed by atoms with Crippen LogP contribution >= 0.6 is 0 Å². The first-order chi connectivity index (χ1) is 3.66. The van der Waals surface area contributed by atoms with Crippen LogP contribution in [-0.2, 0) is 0 Å². The first-order valence-corrected chi connectivity index (χ1v) is 1.71.